The lowest BCUT2D eigenvalue weighted by Crippen LogP contribution is -2.57. The Morgan fingerprint density at radius 1 is 1.11 bits per heavy atom. The van der Waals surface area contributed by atoms with Gasteiger partial charge in [-0.3, -0.25) is 0 Å². The molecule has 0 aliphatic carbocycles. The lowest BCUT2D eigenvalue weighted by molar-refractivity contribution is -0.976. The van der Waals surface area contributed by atoms with Crippen molar-refractivity contribution in [3.05, 3.63) is 29.8 Å². The standard InChI is InChI=1S/C16H25N2/c1-2-18(12-13-6-3-4-9-16(13)17)14-7-5-8-15(18)11-10-14/h3-4,6,9,14-15H,2,5,7-8,10-12,17H2,1H3/q+1. The number of piperidine rings is 1. The molecule has 2 atom stereocenters. The smallest absolute Gasteiger partial charge is 0.107 e. The summed E-state index contributed by atoms with van der Waals surface area (Å²) >= 11 is 0. The Kier molecular flexibility index (Phi) is 3.06. The van der Waals surface area contributed by atoms with Gasteiger partial charge in [0.25, 0.3) is 0 Å². The monoisotopic (exact) mass is 245 g/mol. The highest BCUT2D eigenvalue weighted by Crippen LogP contribution is 2.44. The molecule has 0 aromatic heterocycles. The number of fused-ring (bicyclic) bond motifs is 2. The highest BCUT2D eigenvalue weighted by atomic mass is 15.4. The van der Waals surface area contributed by atoms with E-state index in [1.165, 1.54) is 48.7 Å². The van der Waals surface area contributed by atoms with Gasteiger partial charge >= 0.3 is 0 Å². The lowest BCUT2D eigenvalue weighted by Gasteiger charge is -2.47. The van der Waals surface area contributed by atoms with Crippen molar-refractivity contribution in [3.8, 4) is 0 Å². The average Bonchev–Trinajstić information content (AvgIpc) is 2.58. The molecule has 0 spiro atoms. The predicted molar refractivity (Wildman–Crippen MR) is 76.0 cm³/mol. The minimum Gasteiger partial charge on any atom is -0.398 e. The number of nitrogen functional groups attached to an aromatic ring is 1. The molecule has 1 aromatic carbocycles. The fourth-order valence-corrected chi connectivity index (χ4v) is 4.47. The van der Waals surface area contributed by atoms with Crippen molar-refractivity contribution in [1.29, 1.82) is 0 Å². The summed E-state index contributed by atoms with van der Waals surface area (Å²) in [5.74, 6) is 0. The predicted octanol–water partition coefficient (Wildman–Crippen LogP) is 3.32. The third-order valence-electron chi connectivity index (χ3n) is 5.47. The first kappa shape index (κ1) is 12.0. The van der Waals surface area contributed by atoms with E-state index in [1.54, 1.807) is 0 Å². The quantitative estimate of drug-likeness (QED) is 0.641. The van der Waals surface area contributed by atoms with E-state index in [1.807, 2.05) is 12.1 Å². The number of rotatable bonds is 3. The molecule has 0 saturated carbocycles. The fourth-order valence-electron chi connectivity index (χ4n) is 4.47. The summed E-state index contributed by atoms with van der Waals surface area (Å²) in [5.41, 5.74) is 8.49. The van der Waals surface area contributed by atoms with Crippen molar-refractivity contribution >= 4 is 5.69 Å². The van der Waals surface area contributed by atoms with E-state index in [4.69, 9.17) is 5.73 Å². The minimum atomic E-state index is 0.897. The van der Waals surface area contributed by atoms with E-state index in [0.29, 0.717) is 0 Å². The normalized spacial score (nSPS) is 34.7. The first-order chi connectivity index (χ1) is 8.76. The zero-order valence-corrected chi connectivity index (χ0v) is 11.4. The first-order valence-corrected chi connectivity index (χ1v) is 7.46. The van der Waals surface area contributed by atoms with Crippen LogP contribution in [-0.4, -0.2) is 23.1 Å². The summed E-state index contributed by atoms with van der Waals surface area (Å²) in [6.45, 7) is 4.79. The highest BCUT2D eigenvalue weighted by Gasteiger charge is 2.50. The van der Waals surface area contributed by atoms with Gasteiger partial charge in [0.15, 0.2) is 0 Å². The minimum absolute atomic E-state index is 0.897. The number of benzene rings is 1. The lowest BCUT2D eigenvalue weighted by atomic mass is 9.96. The molecule has 2 heteroatoms. The molecule has 18 heavy (non-hydrogen) atoms. The van der Waals surface area contributed by atoms with Gasteiger partial charge in [-0.1, -0.05) is 18.2 Å². The van der Waals surface area contributed by atoms with E-state index in [0.717, 1.165) is 24.3 Å². The molecule has 2 bridgehead atoms. The molecule has 2 heterocycles. The molecule has 0 radical (unpaired) electrons. The summed E-state index contributed by atoms with van der Waals surface area (Å²) < 4.78 is 1.31. The first-order valence-electron chi connectivity index (χ1n) is 7.46. The van der Waals surface area contributed by atoms with Crippen molar-refractivity contribution in [2.24, 2.45) is 0 Å². The van der Waals surface area contributed by atoms with Crippen LogP contribution in [0, 0.1) is 0 Å². The third-order valence-corrected chi connectivity index (χ3v) is 5.47. The Balaban J connectivity index is 1.91. The Bertz CT molecular complexity index is 411. The number of nitrogens with two attached hydrogens (primary N) is 1. The molecular weight excluding hydrogens is 220 g/mol. The van der Waals surface area contributed by atoms with Crippen molar-refractivity contribution in [3.63, 3.8) is 0 Å². The van der Waals surface area contributed by atoms with Crippen LogP contribution in [0.25, 0.3) is 0 Å². The summed E-state index contributed by atoms with van der Waals surface area (Å²) in [6.07, 6.45) is 7.17. The van der Waals surface area contributed by atoms with Gasteiger partial charge in [0, 0.05) is 24.1 Å². The zero-order valence-electron chi connectivity index (χ0n) is 11.4. The van der Waals surface area contributed by atoms with Crippen LogP contribution in [-0.2, 0) is 6.54 Å². The van der Waals surface area contributed by atoms with Gasteiger partial charge in [0.05, 0.1) is 18.6 Å². The van der Waals surface area contributed by atoms with Crippen molar-refractivity contribution in [2.75, 3.05) is 12.3 Å². The largest absolute Gasteiger partial charge is 0.398 e. The van der Waals surface area contributed by atoms with Crippen LogP contribution in [0.15, 0.2) is 24.3 Å². The van der Waals surface area contributed by atoms with Crippen molar-refractivity contribution in [1.82, 2.24) is 0 Å². The zero-order chi connectivity index (χ0) is 12.6. The van der Waals surface area contributed by atoms with Gasteiger partial charge < -0.3 is 10.2 Å². The Morgan fingerprint density at radius 2 is 1.78 bits per heavy atom. The Labute approximate surface area is 110 Å². The second kappa shape index (κ2) is 4.58. The third kappa shape index (κ3) is 1.74. The summed E-state index contributed by atoms with van der Waals surface area (Å²) in [4.78, 5) is 0. The van der Waals surface area contributed by atoms with Gasteiger partial charge in [-0.25, -0.2) is 0 Å². The van der Waals surface area contributed by atoms with Gasteiger partial charge in [-0.2, -0.15) is 0 Å². The van der Waals surface area contributed by atoms with Crippen LogP contribution >= 0.6 is 0 Å². The van der Waals surface area contributed by atoms with Gasteiger partial charge in [0.1, 0.15) is 6.54 Å². The van der Waals surface area contributed by atoms with Crippen LogP contribution in [0.2, 0.25) is 0 Å². The number of para-hydroxylation sites is 1. The maximum absolute atomic E-state index is 6.15. The molecule has 2 aliphatic rings. The maximum Gasteiger partial charge on any atom is 0.107 e. The Hall–Kier alpha value is -1.02. The number of hydrogen-bond acceptors (Lipinski definition) is 1. The van der Waals surface area contributed by atoms with Crippen LogP contribution in [0.5, 0.6) is 0 Å². The summed E-state index contributed by atoms with van der Waals surface area (Å²) in [6, 6.07) is 10.2. The van der Waals surface area contributed by atoms with Gasteiger partial charge in [-0.05, 0) is 32.3 Å². The molecule has 2 nitrogen and oxygen atoms in total. The molecule has 98 valence electrons. The Morgan fingerprint density at radius 3 is 2.39 bits per heavy atom. The van der Waals surface area contributed by atoms with E-state index < -0.39 is 0 Å². The van der Waals surface area contributed by atoms with Crippen molar-refractivity contribution < 1.29 is 4.48 Å². The van der Waals surface area contributed by atoms with E-state index in [2.05, 4.69) is 19.1 Å². The number of hydrogen-bond donors (Lipinski definition) is 1. The van der Waals surface area contributed by atoms with Crippen LogP contribution < -0.4 is 5.73 Å². The second-order valence-electron chi connectivity index (χ2n) is 6.09. The van der Waals surface area contributed by atoms with E-state index in [-0.39, 0.29) is 0 Å². The number of anilines is 1. The van der Waals surface area contributed by atoms with E-state index in [9.17, 15) is 0 Å². The molecule has 2 fully saturated rings. The van der Waals surface area contributed by atoms with Gasteiger partial charge in [-0.15, -0.1) is 0 Å². The second-order valence-corrected chi connectivity index (χ2v) is 6.09. The SMILES string of the molecule is CC[N+]1(Cc2ccccc2N)C2CCCC1CC2. The average molecular weight is 245 g/mol. The van der Waals surface area contributed by atoms with Crippen molar-refractivity contribution in [2.45, 2.75) is 57.7 Å². The number of nitrogens with zero attached hydrogens (tertiary/aromatic N) is 1. The maximum atomic E-state index is 6.15. The molecule has 1 aromatic rings. The molecular formula is C16H25N2+. The van der Waals surface area contributed by atoms with Crippen LogP contribution in [0.1, 0.15) is 44.6 Å². The molecule has 3 rings (SSSR count). The van der Waals surface area contributed by atoms with E-state index >= 15 is 0 Å². The molecule has 2 unspecified atom stereocenters. The molecule has 2 aliphatic heterocycles. The van der Waals surface area contributed by atoms with Gasteiger partial charge in [0.2, 0.25) is 0 Å². The molecule has 2 N–H and O–H groups in total. The molecule has 2 saturated heterocycles. The molecule has 0 amide bonds. The van der Waals surface area contributed by atoms with Crippen LogP contribution in [0.3, 0.4) is 0 Å². The number of quaternary nitrogens is 1. The van der Waals surface area contributed by atoms with Crippen LogP contribution in [0.4, 0.5) is 5.69 Å². The fraction of sp³-hybridized carbons (Fsp3) is 0.625. The topological polar surface area (TPSA) is 26.0 Å². The summed E-state index contributed by atoms with van der Waals surface area (Å²) in [5, 5.41) is 0. The summed E-state index contributed by atoms with van der Waals surface area (Å²) in [7, 11) is 0. The highest BCUT2D eigenvalue weighted by molar-refractivity contribution is 5.45.